The van der Waals surface area contributed by atoms with E-state index >= 15 is 0 Å². The maximum atomic E-state index is 13.0. The third-order valence-corrected chi connectivity index (χ3v) is 4.47. The number of fused-ring (bicyclic) bond motifs is 1. The molecule has 0 atom stereocenters. The highest BCUT2D eigenvalue weighted by molar-refractivity contribution is 5.88. The fourth-order valence-electron chi connectivity index (χ4n) is 3.14. The van der Waals surface area contributed by atoms with Crippen LogP contribution in [0.5, 0.6) is 0 Å². The largest absolute Gasteiger partial charge is 0.372 e. The number of para-hydroxylation sites is 1. The molecule has 1 aromatic carbocycles. The van der Waals surface area contributed by atoms with Crippen molar-refractivity contribution in [2.24, 2.45) is 7.05 Å². The quantitative estimate of drug-likeness (QED) is 0.941. The molecule has 5 nitrogen and oxygen atoms in total. The van der Waals surface area contributed by atoms with Gasteiger partial charge in [-0.25, -0.2) is 0 Å². The normalized spacial score (nSPS) is 14.2. The Morgan fingerprint density at radius 1 is 1.17 bits per heavy atom. The molecule has 126 valence electrons. The van der Waals surface area contributed by atoms with Crippen LogP contribution in [-0.4, -0.2) is 27.5 Å². The number of aryl methyl sites for hydroxylation is 1. The minimum Gasteiger partial charge on any atom is -0.372 e. The van der Waals surface area contributed by atoms with Gasteiger partial charge in [-0.15, -0.1) is 0 Å². The number of hydrogen-bond acceptors (Lipinski definition) is 3. The molecular weight excluding hydrogens is 302 g/mol. The molecule has 1 N–H and O–H groups in total. The summed E-state index contributed by atoms with van der Waals surface area (Å²) in [4.78, 5) is 26.6. The summed E-state index contributed by atoms with van der Waals surface area (Å²) in [6.07, 6.45) is 2.56. The van der Waals surface area contributed by atoms with E-state index < -0.39 is 5.54 Å². The Hall–Kier alpha value is -2.56. The van der Waals surface area contributed by atoms with Gasteiger partial charge in [-0.3, -0.25) is 9.59 Å². The van der Waals surface area contributed by atoms with Crippen molar-refractivity contribution in [1.29, 1.82) is 0 Å². The summed E-state index contributed by atoms with van der Waals surface area (Å²) in [7, 11) is 1.74. The average Bonchev–Trinajstić information content (AvgIpc) is 2.55. The lowest BCUT2D eigenvalue weighted by atomic mass is 9.97. The maximum Gasteiger partial charge on any atom is 0.250 e. The second kappa shape index (κ2) is 6.15. The van der Waals surface area contributed by atoms with E-state index in [4.69, 9.17) is 0 Å². The predicted octanol–water partition coefficient (Wildman–Crippen LogP) is 2.16. The molecule has 1 aromatic heterocycles. The number of hydrogen-bond donors (Lipinski definition) is 1. The second-order valence-electron chi connectivity index (χ2n) is 6.87. The van der Waals surface area contributed by atoms with Crippen molar-refractivity contribution in [3.05, 3.63) is 64.1 Å². The molecule has 1 aliphatic heterocycles. The van der Waals surface area contributed by atoms with Gasteiger partial charge in [-0.05, 0) is 43.5 Å². The van der Waals surface area contributed by atoms with Gasteiger partial charge in [0.05, 0.1) is 0 Å². The van der Waals surface area contributed by atoms with Crippen LogP contribution in [0.25, 0.3) is 0 Å². The van der Waals surface area contributed by atoms with Crippen LogP contribution >= 0.6 is 0 Å². The van der Waals surface area contributed by atoms with Crippen molar-refractivity contribution in [3.8, 4) is 0 Å². The summed E-state index contributed by atoms with van der Waals surface area (Å²) in [6, 6.07) is 11.4. The van der Waals surface area contributed by atoms with E-state index in [1.54, 1.807) is 17.7 Å². The van der Waals surface area contributed by atoms with Crippen molar-refractivity contribution < 1.29 is 4.79 Å². The first-order chi connectivity index (χ1) is 11.4. The molecule has 0 aliphatic carbocycles. The molecular formula is C19H23N3O2. The highest BCUT2D eigenvalue weighted by atomic mass is 16.2. The molecule has 0 saturated heterocycles. The Balaban J connectivity index is 1.78. The Morgan fingerprint density at radius 3 is 2.58 bits per heavy atom. The monoisotopic (exact) mass is 325 g/mol. The first-order valence-electron chi connectivity index (χ1n) is 8.18. The number of nitrogens with one attached hydrogen (secondary N) is 1. The molecule has 0 saturated carbocycles. The van der Waals surface area contributed by atoms with E-state index in [9.17, 15) is 9.59 Å². The smallest absolute Gasteiger partial charge is 0.250 e. The first kappa shape index (κ1) is 16.3. The maximum absolute atomic E-state index is 13.0. The summed E-state index contributed by atoms with van der Waals surface area (Å²) >= 11 is 0. The number of amides is 1. The number of benzene rings is 1. The van der Waals surface area contributed by atoms with Crippen LogP contribution in [0.15, 0.2) is 47.4 Å². The van der Waals surface area contributed by atoms with Gasteiger partial charge in [-0.1, -0.05) is 18.2 Å². The standard InChI is InChI=1S/C19H23N3O2/c1-19(2,20-16-7-5-4-6-8-16)18(24)22-10-9-14-11-17(23)21(3)12-15(14)13-22/h4-8,11-12,20H,9-10,13H2,1-3H3. The van der Waals surface area contributed by atoms with Crippen molar-refractivity contribution >= 4 is 11.6 Å². The number of anilines is 1. The van der Waals surface area contributed by atoms with Gasteiger partial charge in [0.25, 0.3) is 5.56 Å². The molecule has 0 fully saturated rings. The molecule has 2 heterocycles. The number of rotatable bonds is 3. The average molecular weight is 325 g/mol. The van der Waals surface area contributed by atoms with Crippen LogP contribution in [0.2, 0.25) is 0 Å². The molecule has 24 heavy (non-hydrogen) atoms. The molecule has 0 radical (unpaired) electrons. The molecule has 5 heteroatoms. The lowest BCUT2D eigenvalue weighted by molar-refractivity contribution is -0.135. The van der Waals surface area contributed by atoms with Crippen LogP contribution < -0.4 is 10.9 Å². The zero-order valence-electron chi connectivity index (χ0n) is 14.4. The summed E-state index contributed by atoms with van der Waals surface area (Å²) in [5, 5.41) is 3.31. The van der Waals surface area contributed by atoms with Gasteiger partial charge in [0.15, 0.2) is 0 Å². The Morgan fingerprint density at radius 2 is 1.88 bits per heavy atom. The Labute approximate surface area is 141 Å². The second-order valence-corrected chi connectivity index (χ2v) is 6.87. The summed E-state index contributed by atoms with van der Waals surface area (Å²) < 4.78 is 1.57. The molecule has 1 amide bonds. The van der Waals surface area contributed by atoms with Gasteiger partial charge in [-0.2, -0.15) is 0 Å². The number of carbonyl (C=O) groups is 1. The fourth-order valence-corrected chi connectivity index (χ4v) is 3.14. The Bertz CT molecular complexity index is 809. The third-order valence-electron chi connectivity index (χ3n) is 4.47. The molecule has 3 rings (SSSR count). The lowest BCUT2D eigenvalue weighted by Gasteiger charge is -2.36. The minimum absolute atomic E-state index is 0.000370. The summed E-state index contributed by atoms with van der Waals surface area (Å²) in [5.41, 5.74) is 2.33. The number of carbonyl (C=O) groups excluding carboxylic acids is 1. The van der Waals surface area contributed by atoms with Crippen molar-refractivity contribution in [3.63, 3.8) is 0 Å². The van der Waals surface area contributed by atoms with E-state index in [-0.39, 0.29) is 11.5 Å². The van der Waals surface area contributed by atoms with E-state index in [0.717, 1.165) is 23.2 Å². The molecule has 0 spiro atoms. The van der Waals surface area contributed by atoms with Crippen LogP contribution in [-0.2, 0) is 24.8 Å². The van der Waals surface area contributed by atoms with E-state index in [1.165, 1.54) is 0 Å². The number of nitrogens with zero attached hydrogens (tertiary/aromatic N) is 2. The van der Waals surface area contributed by atoms with Gasteiger partial charge in [0.1, 0.15) is 5.54 Å². The molecule has 0 bridgehead atoms. The van der Waals surface area contributed by atoms with Gasteiger partial charge < -0.3 is 14.8 Å². The summed E-state index contributed by atoms with van der Waals surface area (Å²) in [6.45, 7) is 4.98. The van der Waals surface area contributed by atoms with Crippen molar-refractivity contribution in [2.75, 3.05) is 11.9 Å². The number of pyridine rings is 1. The zero-order valence-corrected chi connectivity index (χ0v) is 14.4. The molecule has 0 unspecified atom stereocenters. The van der Waals surface area contributed by atoms with Gasteiger partial charge in [0, 0.05) is 38.1 Å². The van der Waals surface area contributed by atoms with E-state index in [2.05, 4.69) is 5.32 Å². The van der Waals surface area contributed by atoms with Crippen molar-refractivity contribution in [1.82, 2.24) is 9.47 Å². The van der Waals surface area contributed by atoms with Gasteiger partial charge in [0.2, 0.25) is 5.91 Å². The van der Waals surface area contributed by atoms with Crippen LogP contribution in [0.3, 0.4) is 0 Å². The van der Waals surface area contributed by atoms with Crippen LogP contribution in [0, 0.1) is 0 Å². The zero-order chi connectivity index (χ0) is 17.3. The highest BCUT2D eigenvalue weighted by Gasteiger charge is 2.33. The van der Waals surface area contributed by atoms with Crippen molar-refractivity contribution in [2.45, 2.75) is 32.4 Å². The first-order valence-corrected chi connectivity index (χ1v) is 8.18. The topological polar surface area (TPSA) is 54.3 Å². The van der Waals surface area contributed by atoms with E-state index in [1.807, 2.05) is 55.3 Å². The Kier molecular flexibility index (Phi) is 4.18. The predicted molar refractivity (Wildman–Crippen MR) is 94.9 cm³/mol. The third kappa shape index (κ3) is 3.20. The van der Waals surface area contributed by atoms with Crippen LogP contribution in [0.1, 0.15) is 25.0 Å². The minimum atomic E-state index is -0.695. The molecule has 2 aromatic rings. The summed E-state index contributed by atoms with van der Waals surface area (Å²) in [5.74, 6) is 0.0610. The fraction of sp³-hybridized carbons (Fsp3) is 0.368. The van der Waals surface area contributed by atoms with Gasteiger partial charge >= 0.3 is 0 Å². The van der Waals surface area contributed by atoms with E-state index in [0.29, 0.717) is 13.1 Å². The number of aromatic nitrogens is 1. The lowest BCUT2D eigenvalue weighted by Crippen LogP contribution is -2.51. The highest BCUT2D eigenvalue weighted by Crippen LogP contribution is 2.22. The SMILES string of the molecule is Cn1cc2c(cc1=O)CCN(C(=O)C(C)(C)Nc1ccccc1)C2. The molecule has 1 aliphatic rings. The van der Waals surface area contributed by atoms with Crippen LogP contribution in [0.4, 0.5) is 5.69 Å².